The Balaban J connectivity index is 2.55. The Morgan fingerprint density at radius 2 is 1.95 bits per heavy atom. The average molecular weight is 389 g/mol. The maximum atomic E-state index is 11.9. The van der Waals surface area contributed by atoms with E-state index in [4.69, 9.17) is 10.5 Å². The minimum Gasteiger partial charge on any atom is -0.456 e. The number of ether oxygens (including phenoxy) is 1. The molecule has 8 heteroatoms. The number of hydrogen-bond donors (Lipinski definition) is 2. The molecule has 0 bridgehead atoms. The number of carbonyl (C=O) groups is 3. The fourth-order valence-corrected chi connectivity index (χ4v) is 2.35. The van der Waals surface area contributed by atoms with Gasteiger partial charge in [0.2, 0.25) is 0 Å². The largest absolute Gasteiger partial charge is 0.456 e. The number of halogens is 1. The van der Waals surface area contributed by atoms with Gasteiger partial charge in [-0.15, -0.1) is 0 Å². The molecule has 0 radical (unpaired) electrons. The lowest BCUT2D eigenvalue weighted by Gasteiger charge is -2.15. The minimum atomic E-state index is -0.845. The van der Waals surface area contributed by atoms with Crippen molar-refractivity contribution in [2.45, 2.75) is 12.5 Å². The first-order valence-corrected chi connectivity index (χ1v) is 8.63. The Labute approximate surface area is 141 Å². The molecule has 2 amide bonds. The lowest BCUT2D eigenvalue weighted by atomic mass is 10.1. The van der Waals surface area contributed by atoms with Crippen LogP contribution in [-0.4, -0.2) is 42.4 Å². The van der Waals surface area contributed by atoms with Crippen molar-refractivity contribution in [1.29, 1.82) is 0 Å². The monoisotopic (exact) mass is 388 g/mol. The highest BCUT2D eigenvalue weighted by molar-refractivity contribution is 9.10. The Kier molecular flexibility index (Phi) is 7.97. The Bertz CT molecular complexity index is 536. The van der Waals surface area contributed by atoms with E-state index in [0.717, 1.165) is 4.47 Å². The quantitative estimate of drug-likeness (QED) is 0.523. The van der Waals surface area contributed by atoms with E-state index in [1.54, 1.807) is 24.3 Å². The van der Waals surface area contributed by atoms with Crippen LogP contribution in [0.3, 0.4) is 0 Å². The van der Waals surface area contributed by atoms with Crippen molar-refractivity contribution in [1.82, 2.24) is 5.32 Å². The third-order valence-corrected chi connectivity index (χ3v) is 3.90. The summed E-state index contributed by atoms with van der Waals surface area (Å²) in [5.41, 5.74) is 5.47. The highest BCUT2D eigenvalue weighted by Gasteiger charge is 2.22. The van der Waals surface area contributed by atoms with Crippen LogP contribution in [0.15, 0.2) is 28.7 Å². The smallest absolute Gasteiger partial charge is 0.329 e. The molecule has 1 atom stereocenters. The maximum absolute atomic E-state index is 11.9. The number of benzene rings is 1. The van der Waals surface area contributed by atoms with Crippen molar-refractivity contribution in [2.75, 3.05) is 18.6 Å². The van der Waals surface area contributed by atoms with E-state index in [0.29, 0.717) is 17.7 Å². The third kappa shape index (κ3) is 6.48. The number of thioether (sulfide) groups is 1. The maximum Gasteiger partial charge on any atom is 0.329 e. The van der Waals surface area contributed by atoms with Crippen LogP contribution in [0, 0.1) is 0 Å². The van der Waals surface area contributed by atoms with E-state index in [1.165, 1.54) is 11.8 Å². The molecule has 0 saturated heterocycles. The zero-order chi connectivity index (χ0) is 16.5. The fraction of sp³-hybridized carbons (Fsp3) is 0.357. The molecule has 0 aliphatic carbocycles. The molecule has 0 saturated carbocycles. The third-order valence-electron chi connectivity index (χ3n) is 2.72. The topological polar surface area (TPSA) is 98.5 Å². The second-order valence-electron chi connectivity index (χ2n) is 4.38. The first-order valence-electron chi connectivity index (χ1n) is 6.44. The van der Waals surface area contributed by atoms with E-state index in [1.807, 2.05) is 6.26 Å². The van der Waals surface area contributed by atoms with Crippen molar-refractivity contribution in [3.05, 3.63) is 34.3 Å². The predicted molar refractivity (Wildman–Crippen MR) is 88.9 cm³/mol. The van der Waals surface area contributed by atoms with E-state index in [9.17, 15) is 14.4 Å². The number of primary amides is 1. The predicted octanol–water partition coefficient (Wildman–Crippen LogP) is 1.97. The van der Waals surface area contributed by atoms with Crippen LogP contribution in [0.5, 0.6) is 0 Å². The van der Waals surface area contributed by atoms with Gasteiger partial charge < -0.3 is 15.8 Å². The molecule has 6 nitrogen and oxygen atoms in total. The summed E-state index contributed by atoms with van der Waals surface area (Å²) >= 11 is 4.80. The number of nitrogens with one attached hydrogen (secondary N) is 1. The van der Waals surface area contributed by atoms with E-state index < -0.39 is 18.0 Å². The van der Waals surface area contributed by atoms with E-state index >= 15 is 0 Å². The lowest BCUT2D eigenvalue weighted by Crippen LogP contribution is -2.45. The van der Waals surface area contributed by atoms with Gasteiger partial charge in [0.05, 0.1) is 0 Å². The SMILES string of the molecule is CSCC[C@H](NC(N)=O)C(=O)OCC(=O)c1ccc(Br)cc1. The van der Waals surface area contributed by atoms with Crippen molar-refractivity contribution >= 4 is 45.5 Å². The summed E-state index contributed by atoms with van der Waals surface area (Å²) in [6.07, 6.45) is 2.26. The van der Waals surface area contributed by atoms with Gasteiger partial charge in [-0.1, -0.05) is 28.1 Å². The molecule has 0 aliphatic heterocycles. The molecular formula is C14H17BrN2O4S. The van der Waals surface area contributed by atoms with Crippen molar-refractivity contribution in [2.24, 2.45) is 5.73 Å². The number of urea groups is 1. The molecule has 0 spiro atoms. The second kappa shape index (κ2) is 9.47. The number of hydrogen-bond acceptors (Lipinski definition) is 5. The number of amides is 2. The molecule has 1 aromatic rings. The van der Waals surface area contributed by atoms with Crippen LogP contribution in [0.4, 0.5) is 4.79 Å². The average Bonchev–Trinajstić information content (AvgIpc) is 2.49. The summed E-state index contributed by atoms with van der Waals surface area (Å²) in [6.45, 7) is -0.378. The standard InChI is InChI=1S/C14H17BrN2O4S/c1-22-7-6-11(17-14(16)20)13(19)21-8-12(18)9-2-4-10(15)5-3-9/h2-5,11H,6-8H2,1H3,(H3,16,17,20)/t11-/m0/s1. The summed E-state index contributed by atoms with van der Waals surface area (Å²) in [7, 11) is 0. The number of ketones is 1. The molecule has 1 rings (SSSR count). The zero-order valence-electron chi connectivity index (χ0n) is 12.0. The Morgan fingerprint density at radius 1 is 1.32 bits per heavy atom. The number of carbonyl (C=O) groups excluding carboxylic acids is 3. The number of nitrogens with two attached hydrogens (primary N) is 1. The summed E-state index contributed by atoms with van der Waals surface area (Å²) in [6, 6.07) is 5.07. The molecule has 0 heterocycles. The molecule has 120 valence electrons. The van der Waals surface area contributed by atoms with Gasteiger partial charge in [0.15, 0.2) is 12.4 Å². The van der Waals surface area contributed by atoms with Crippen LogP contribution < -0.4 is 11.1 Å². The summed E-state index contributed by atoms with van der Waals surface area (Å²) in [5.74, 6) is -0.331. The first-order chi connectivity index (χ1) is 10.4. The first kappa shape index (κ1) is 18.5. The summed E-state index contributed by atoms with van der Waals surface area (Å²) < 4.78 is 5.82. The molecular weight excluding hydrogens is 372 g/mol. The molecule has 3 N–H and O–H groups in total. The Morgan fingerprint density at radius 3 is 2.50 bits per heavy atom. The lowest BCUT2D eigenvalue weighted by molar-refractivity contribution is -0.144. The molecule has 0 unspecified atom stereocenters. The van der Waals surface area contributed by atoms with Crippen LogP contribution >= 0.6 is 27.7 Å². The van der Waals surface area contributed by atoms with Crippen molar-refractivity contribution in [3.63, 3.8) is 0 Å². The van der Waals surface area contributed by atoms with Gasteiger partial charge in [-0.3, -0.25) is 4.79 Å². The van der Waals surface area contributed by atoms with E-state index in [-0.39, 0.29) is 12.4 Å². The minimum absolute atomic E-state index is 0.316. The van der Waals surface area contributed by atoms with Crippen molar-refractivity contribution in [3.8, 4) is 0 Å². The van der Waals surface area contributed by atoms with E-state index in [2.05, 4.69) is 21.2 Å². The van der Waals surface area contributed by atoms with Gasteiger partial charge >= 0.3 is 12.0 Å². The molecule has 1 aromatic carbocycles. The number of rotatable bonds is 8. The summed E-state index contributed by atoms with van der Waals surface area (Å²) in [5, 5.41) is 2.32. The highest BCUT2D eigenvalue weighted by atomic mass is 79.9. The number of esters is 1. The summed E-state index contributed by atoms with van der Waals surface area (Å²) in [4.78, 5) is 34.7. The van der Waals surface area contributed by atoms with Crippen LogP contribution in [0.25, 0.3) is 0 Å². The van der Waals surface area contributed by atoms with Gasteiger partial charge in [-0.05, 0) is 30.6 Å². The van der Waals surface area contributed by atoms with Gasteiger partial charge in [0.25, 0.3) is 0 Å². The molecule has 0 fully saturated rings. The molecule has 0 aliphatic rings. The van der Waals surface area contributed by atoms with Crippen LogP contribution in [-0.2, 0) is 9.53 Å². The van der Waals surface area contributed by atoms with Gasteiger partial charge in [0.1, 0.15) is 6.04 Å². The normalized spacial score (nSPS) is 11.5. The highest BCUT2D eigenvalue weighted by Crippen LogP contribution is 2.11. The second-order valence-corrected chi connectivity index (χ2v) is 6.28. The van der Waals surface area contributed by atoms with Crippen LogP contribution in [0.2, 0.25) is 0 Å². The fourth-order valence-electron chi connectivity index (χ4n) is 1.61. The molecule has 0 aromatic heterocycles. The number of Topliss-reactive ketones (excluding diaryl/α,β-unsaturated/α-hetero) is 1. The van der Waals surface area contributed by atoms with Gasteiger partial charge in [0, 0.05) is 10.0 Å². The van der Waals surface area contributed by atoms with Crippen molar-refractivity contribution < 1.29 is 19.1 Å². The molecule has 22 heavy (non-hydrogen) atoms. The van der Waals surface area contributed by atoms with Gasteiger partial charge in [-0.25, -0.2) is 9.59 Å². The Hall–Kier alpha value is -1.54. The van der Waals surface area contributed by atoms with Gasteiger partial charge in [-0.2, -0.15) is 11.8 Å². The zero-order valence-corrected chi connectivity index (χ0v) is 14.4. The van der Waals surface area contributed by atoms with Crippen LogP contribution in [0.1, 0.15) is 16.8 Å².